The van der Waals surface area contributed by atoms with Gasteiger partial charge in [-0.1, -0.05) is 12.2 Å². The van der Waals surface area contributed by atoms with E-state index >= 15 is 0 Å². The first-order valence-electron chi connectivity index (χ1n) is 4.73. The topological polar surface area (TPSA) is 111 Å². The Balaban J connectivity index is 2.94. The smallest absolute Gasteiger partial charge is 0.422 e. The van der Waals surface area contributed by atoms with E-state index < -0.39 is 16.3 Å². The Hall–Kier alpha value is -1.39. The molecule has 0 saturated heterocycles. The van der Waals surface area contributed by atoms with Gasteiger partial charge in [0.1, 0.15) is 4.99 Å². The molecule has 0 heterocycles. The van der Waals surface area contributed by atoms with Crippen molar-refractivity contribution in [2.45, 2.75) is 0 Å². The van der Waals surface area contributed by atoms with Crippen molar-refractivity contribution in [1.82, 2.24) is 4.72 Å². The summed E-state index contributed by atoms with van der Waals surface area (Å²) in [5.41, 5.74) is 6.24. The summed E-state index contributed by atoms with van der Waals surface area (Å²) in [5.74, 6) is 0. The summed E-state index contributed by atoms with van der Waals surface area (Å²) in [6, 6.07) is 4.55. The lowest BCUT2D eigenvalue weighted by Gasteiger charge is -2.10. The molecule has 19 heavy (non-hydrogen) atoms. The zero-order valence-corrected chi connectivity index (χ0v) is 12.9. The zero-order valence-electron chi connectivity index (χ0n) is 9.64. The fraction of sp³-hybridized carbons (Fsp3) is 0.111. The average molecular weight is 368 g/mol. The van der Waals surface area contributed by atoms with Crippen LogP contribution in [0.15, 0.2) is 22.7 Å². The number of benzene rings is 1. The molecule has 0 saturated carbocycles. The normalized spacial score (nSPS) is 10.6. The fourth-order valence-electron chi connectivity index (χ4n) is 1.07. The molecule has 10 heteroatoms. The number of carbonyl (C=O) groups is 1. The summed E-state index contributed by atoms with van der Waals surface area (Å²) in [5, 5.41) is 0. The lowest BCUT2D eigenvalue weighted by atomic mass is 10.2. The van der Waals surface area contributed by atoms with E-state index in [1.165, 1.54) is 6.07 Å². The lowest BCUT2D eigenvalue weighted by molar-refractivity contribution is 0.177. The number of hydrogen-bond donors (Lipinski definition) is 3. The molecule has 0 spiro atoms. The van der Waals surface area contributed by atoms with Crippen molar-refractivity contribution in [1.29, 1.82) is 0 Å². The monoisotopic (exact) mass is 367 g/mol. The van der Waals surface area contributed by atoms with Gasteiger partial charge in [-0.15, -0.1) is 0 Å². The number of rotatable bonds is 4. The summed E-state index contributed by atoms with van der Waals surface area (Å²) >= 11 is 7.96. The number of halogens is 1. The molecule has 0 aliphatic carbocycles. The summed E-state index contributed by atoms with van der Waals surface area (Å²) in [4.78, 5) is 11.0. The summed E-state index contributed by atoms with van der Waals surface area (Å²) in [7, 11) is -3.02. The molecule has 4 N–H and O–H groups in total. The van der Waals surface area contributed by atoms with E-state index in [9.17, 15) is 13.2 Å². The number of anilines is 1. The van der Waals surface area contributed by atoms with Crippen LogP contribution in [0.5, 0.6) is 0 Å². The molecule has 0 fully saturated rings. The van der Waals surface area contributed by atoms with E-state index in [4.69, 9.17) is 18.0 Å². The Bertz CT molecular complexity index is 618. The number of nitrogens with two attached hydrogens (primary N) is 1. The molecule has 0 bridgehead atoms. The Kier molecular flexibility index (Phi) is 5.09. The van der Waals surface area contributed by atoms with Crippen molar-refractivity contribution in [3.8, 4) is 0 Å². The Morgan fingerprint density at radius 2 is 2.11 bits per heavy atom. The first-order valence-corrected chi connectivity index (χ1v) is 7.41. The van der Waals surface area contributed by atoms with Crippen LogP contribution >= 0.6 is 28.1 Å². The van der Waals surface area contributed by atoms with Crippen LogP contribution in [-0.2, 0) is 14.9 Å². The highest BCUT2D eigenvalue weighted by Crippen LogP contribution is 2.24. The number of nitrogens with one attached hydrogen (secondary N) is 2. The van der Waals surface area contributed by atoms with Gasteiger partial charge in [0.15, 0.2) is 0 Å². The van der Waals surface area contributed by atoms with E-state index in [0.717, 1.165) is 7.11 Å². The van der Waals surface area contributed by atoms with E-state index in [0.29, 0.717) is 10.0 Å². The van der Waals surface area contributed by atoms with Gasteiger partial charge < -0.3 is 10.5 Å². The molecule has 0 aromatic heterocycles. The Morgan fingerprint density at radius 3 is 2.58 bits per heavy atom. The van der Waals surface area contributed by atoms with Crippen molar-refractivity contribution in [3.63, 3.8) is 0 Å². The van der Waals surface area contributed by atoms with Gasteiger partial charge in [-0.05, 0) is 34.1 Å². The quantitative estimate of drug-likeness (QED) is 0.687. The second kappa shape index (κ2) is 6.17. The maximum Gasteiger partial charge on any atom is 0.422 e. The van der Waals surface area contributed by atoms with Crippen molar-refractivity contribution >= 4 is 55.1 Å². The molecule has 1 aromatic rings. The molecule has 0 unspecified atom stereocenters. The molecule has 1 rings (SSSR count). The van der Waals surface area contributed by atoms with Gasteiger partial charge in [-0.3, -0.25) is 4.72 Å². The van der Waals surface area contributed by atoms with Gasteiger partial charge in [0.05, 0.1) is 12.8 Å². The van der Waals surface area contributed by atoms with Gasteiger partial charge in [-0.25, -0.2) is 9.52 Å². The maximum absolute atomic E-state index is 11.5. The predicted octanol–water partition coefficient (Wildman–Crippen LogP) is 1.10. The minimum atomic E-state index is -4.07. The molecule has 7 nitrogen and oxygen atoms in total. The van der Waals surface area contributed by atoms with Crippen LogP contribution in [0.4, 0.5) is 10.5 Å². The van der Waals surface area contributed by atoms with Gasteiger partial charge in [-0.2, -0.15) is 8.42 Å². The van der Waals surface area contributed by atoms with Crippen LogP contribution in [0, 0.1) is 0 Å². The number of hydrogen-bond acceptors (Lipinski definition) is 5. The first kappa shape index (κ1) is 15.7. The number of ether oxygens (including phenoxy) is 1. The van der Waals surface area contributed by atoms with E-state index in [2.05, 4.69) is 25.4 Å². The molecular formula is C9H10BrN3O4S2. The highest BCUT2D eigenvalue weighted by atomic mass is 79.9. The largest absolute Gasteiger partial charge is 0.452 e. The number of methoxy groups -OCH3 is 1. The van der Waals surface area contributed by atoms with Gasteiger partial charge in [0, 0.05) is 10.0 Å². The third-order valence-corrected chi connectivity index (χ3v) is 3.72. The molecule has 0 aliphatic rings. The van der Waals surface area contributed by atoms with Gasteiger partial charge in [0.2, 0.25) is 0 Å². The SMILES string of the molecule is COC(=O)NS(=O)(=O)Nc1ccc(C(N)=S)cc1Br. The van der Waals surface area contributed by atoms with Gasteiger partial charge in [0.25, 0.3) is 0 Å². The molecule has 0 aliphatic heterocycles. The van der Waals surface area contributed by atoms with Crippen molar-refractivity contribution < 1.29 is 17.9 Å². The van der Waals surface area contributed by atoms with E-state index in [1.807, 2.05) is 0 Å². The minimum Gasteiger partial charge on any atom is -0.452 e. The predicted molar refractivity (Wildman–Crippen MR) is 78.1 cm³/mol. The Morgan fingerprint density at radius 1 is 1.47 bits per heavy atom. The van der Waals surface area contributed by atoms with E-state index in [-0.39, 0.29) is 10.7 Å². The lowest BCUT2D eigenvalue weighted by Crippen LogP contribution is -2.35. The summed E-state index contributed by atoms with van der Waals surface area (Å²) in [6.07, 6.45) is -1.09. The minimum absolute atomic E-state index is 0.183. The molecule has 1 amide bonds. The fourth-order valence-corrected chi connectivity index (χ4v) is 2.63. The zero-order chi connectivity index (χ0) is 14.6. The maximum atomic E-state index is 11.5. The number of thiocarbonyl (C=S) groups is 1. The number of amides is 1. The molecule has 0 radical (unpaired) electrons. The molecule has 104 valence electrons. The van der Waals surface area contributed by atoms with Crippen LogP contribution in [0.25, 0.3) is 0 Å². The summed E-state index contributed by atoms with van der Waals surface area (Å²) < 4.78 is 31.5. The van der Waals surface area contributed by atoms with Crippen LogP contribution in [-0.4, -0.2) is 26.6 Å². The molecular weight excluding hydrogens is 358 g/mol. The van der Waals surface area contributed by atoms with Crippen LogP contribution in [0.2, 0.25) is 0 Å². The van der Waals surface area contributed by atoms with Crippen LogP contribution in [0.1, 0.15) is 5.56 Å². The van der Waals surface area contributed by atoms with Crippen molar-refractivity contribution in [3.05, 3.63) is 28.2 Å². The highest BCUT2D eigenvalue weighted by Gasteiger charge is 2.16. The van der Waals surface area contributed by atoms with Crippen molar-refractivity contribution in [2.24, 2.45) is 5.73 Å². The average Bonchev–Trinajstić information content (AvgIpc) is 2.30. The third kappa shape index (κ3) is 4.65. The second-order valence-corrected chi connectivity index (χ2v) is 5.97. The second-order valence-electron chi connectivity index (χ2n) is 3.26. The van der Waals surface area contributed by atoms with Crippen LogP contribution < -0.4 is 15.2 Å². The molecule has 1 aromatic carbocycles. The Labute approximate surface area is 123 Å². The highest BCUT2D eigenvalue weighted by molar-refractivity contribution is 9.10. The summed E-state index contributed by atoms with van der Waals surface area (Å²) in [6.45, 7) is 0. The van der Waals surface area contributed by atoms with Gasteiger partial charge >= 0.3 is 16.3 Å². The van der Waals surface area contributed by atoms with Crippen LogP contribution in [0.3, 0.4) is 0 Å². The first-order chi connectivity index (χ1) is 8.75. The standard InChI is InChI=1S/C9H10BrN3O4S2/c1-17-9(14)13-19(15,16)12-7-3-2-5(8(11)18)4-6(7)10/h2-4,12H,1H3,(H2,11,18)(H,13,14). The van der Waals surface area contributed by atoms with Crippen molar-refractivity contribution in [2.75, 3.05) is 11.8 Å². The number of carbonyl (C=O) groups excluding carboxylic acids is 1. The van der Waals surface area contributed by atoms with E-state index in [1.54, 1.807) is 16.9 Å². The third-order valence-electron chi connectivity index (χ3n) is 1.90. The molecule has 0 atom stereocenters.